The van der Waals surface area contributed by atoms with Crippen LogP contribution in [0.4, 0.5) is 18.3 Å². The summed E-state index contributed by atoms with van der Waals surface area (Å²) in [4.78, 5) is 74.6. The lowest BCUT2D eigenvalue weighted by molar-refractivity contribution is -0.944. The van der Waals surface area contributed by atoms with E-state index in [0.717, 1.165) is 36.3 Å². The second-order valence-electron chi connectivity index (χ2n) is 14.3. The number of allylic oxidation sites excluding steroid dienone is 1. The highest BCUT2D eigenvalue weighted by molar-refractivity contribution is 8.00. The van der Waals surface area contributed by atoms with Crippen LogP contribution in [0.15, 0.2) is 33.9 Å². The molecule has 0 spiro atoms. The molecule has 4 aliphatic heterocycles. The molecule has 3 saturated heterocycles. The fraction of sp³-hybridized carbons (Fsp3) is 0.485. The first-order chi connectivity index (χ1) is 25.3. The lowest BCUT2D eigenvalue weighted by Crippen LogP contribution is -2.71. The molecule has 4 aliphatic rings. The number of nitrogens with zero attached hydrogens (tertiary/aromatic N) is 4. The summed E-state index contributed by atoms with van der Waals surface area (Å²) in [5.74, 6) is -5.85. The van der Waals surface area contributed by atoms with Crippen LogP contribution in [0.5, 0.6) is 11.5 Å². The number of thioether (sulfide) groups is 1. The normalized spacial score (nSPS) is 26.9. The summed E-state index contributed by atoms with van der Waals surface area (Å²) in [7, 11) is 2.02. The maximum Gasteiger partial charge on any atom is 0.420 e. The van der Waals surface area contributed by atoms with Gasteiger partial charge in [0.25, 0.3) is 17.7 Å². The average Bonchev–Trinajstić information content (AvgIpc) is 3.56. The number of aromatic hydroxyl groups is 2. The molecule has 1 aromatic heterocycles. The third kappa shape index (κ3) is 6.94. The van der Waals surface area contributed by atoms with Crippen molar-refractivity contribution in [3.8, 4) is 11.5 Å². The monoisotopic (exact) mass is 796 g/mol. The van der Waals surface area contributed by atoms with Crippen LogP contribution in [-0.4, -0.2) is 120 Å². The summed E-state index contributed by atoms with van der Waals surface area (Å²) in [5, 5.41) is 38.9. The number of hydrogen-bond donors (Lipinski definition) is 6. The van der Waals surface area contributed by atoms with Gasteiger partial charge in [-0.2, -0.15) is 13.2 Å². The fourth-order valence-corrected chi connectivity index (χ4v) is 9.48. The van der Waals surface area contributed by atoms with E-state index < -0.39 is 81.3 Å². The van der Waals surface area contributed by atoms with E-state index in [1.807, 2.05) is 7.05 Å². The molecule has 2 unspecified atom stereocenters. The van der Waals surface area contributed by atoms with Crippen LogP contribution < -0.4 is 16.4 Å². The molecule has 21 heteroatoms. The molecule has 16 nitrogen and oxygen atoms in total. The Hall–Kier alpha value is -4.89. The third-order valence-electron chi connectivity index (χ3n) is 10.5. The third-order valence-corrected chi connectivity index (χ3v) is 12.5. The number of nitrogen functional groups attached to an aromatic ring is 1. The van der Waals surface area contributed by atoms with Crippen molar-refractivity contribution in [3.05, 3.63) is 45.6 Å². The van der Waals surface area contributed by atoms with E-state index in [1.54, 1.807) is 0 Å². The summed E-state index contributed by atoms with van der Waals surface area (Å²) < 4.78 is 41.7. The fourth-order valence-electron chi connectivity index (χ4n) is 7.58. The molecule has 290 valence electrons. The van der Waals surface area contributed by atoms with Gasteiger partial charge in [-0.15, -0.1) is 23.1 Å². The van der Waals surface area contributed by atoms with E-state index in [0.29, 0.717) is 41.5 Å². The number of nitrogens with two attached hydrogens (primary N) is 1. The molecule has 54 heavy (non-hydrogen) atoms. The number of amides is 3. The van der Waals surface area contributed by atoms with Crippen molar-refractivity contribution in [2.45, 2.75) is 80.8 Å². The number of halogens is 3. The van der Waals surface area contributed by atoms with Gasteiger partial charge in [0.15, 0.2) is 28.6 Å². The number of phenols is 2. The molecule has 1 aromatic carbocycles. The van der Waals surface area contributed by atoms with Crippen LogP contribution in [0.3, 0.4) is 0 Å². The number of phenolic OH excluding ortho intramolecular Hbond substituents is 2. The predicted octanol–water partition coefficient (Wildman–Crippen LogP) is 2.16. The van der Waals surface area contributed by atoms with Crippen molar-refractivity contribution < 1.29 is 61.8 Å². The van der Waals surface area contributed by atoms with E-state index >= 15 is 0 Å². The average molecular weight is 797 g/mol. The van der Waals surface area contributed by atoms with Gasteiger partial charge in [0.1, 0.15) is 29.2 Å². The Kier molecular flexibility index (Phi) is 10.1. The highest BCUT2D eigenvalue weighted by atomic mass is 32.2. The van der Waals surface area contributed by atoms with E-state index in [2.05, 4.69) is 20.8 Å². The van der Waals surface area contributed by atoms with Gasteiger partial charge < -0.3 is 41.0 Å². The minimum absolute atomic E-state index is 0.00696. The molecule has 0 aliphatic carbocycles. The van der Waals surface area contributed by atoms with E-state index in [-0.39, 0.29) is 28.6 Å². The van der Waals surface area contributed by atoms with Crippen LogP contribution in [0.2, 0.25) is 0 Å². The molecule has 0 saturated carbocycles. The molecule has 6 rings (SSSR count). The van der Waals surface area contributed by atoms with Crippen molar-refractivity contribution in [1.29, 1.82) is 0 Å². The zero-order valence-corrected chi connectivity index (χ0v) is 30.7. The molecule has 7 N–H and O–H groups in total. The van der Waals surface area contributed by atoms with Gasteiger partial charge in [0, 0.05) is 48.4 Å². The maximum absolute atomic E-state index is 13.7. The number of thiazole rings is 1. The Balaban J connectivity index is 1.14. The van der Waals surface area contributed by atoms with Crippen molar-refractivity contribution in [2.24, 2.45) is 5.16 Å². The summed E-state index contributed by atoms with van der Waals surface area (Å²) >= 11 is 2.35. The second kappa shape index (κ2) is 14.1. The predicted molar refractivity (Wildman–Crippen MR) is 187 cm³/mol. The molecular weight excluding hydrogens is 760 g/mol. The number of aromatic nitrogens is 1. The van der Waals surface area contributed by atoms with Crippen molar-refractivity contribution in [2.75, 3.05) is 25.1 Å². The number of fused-ring (bicyclic) bond motifs is 3. The largest absolute Gasteiger partial charge is 0.504 e. The first-order valence-electron chi connectivity index (χ1n) is 16.7. The number of piperidine rings is 1. The summed E-state index contributed by atoms with van der Waals surface area (Å²) in [6.45, 7) is 2.86. The summed E-state index contributed by atoms with van der Waals surface area (Å²) in [6, 6.07) is 0.0589. The van der Waals surface area contributed by atoms with Gasteiger partial charge in [-0.1, -0.05) is 5.16 Å². The number of carboxylic acid groups (broad SMARTS) is 1. The number of alkyl halides is 3. The smallest absolute Gasteiger partial charge is 0.420 e. The summed E-state index contributed by atoms with van der Waals surface area (Å²) in [6.07, 6.45) is -2.09. The summed E-state index contributed by atoms with van der Waals surface area (Å²) in [5.41, 5.74) is 2.02. The number of oxime groups is 1. The number of benzene rings is 1. The Bertz CT molecular complexity index is 1970. The molecule has 2 aromatic rings. The van der Waals surface area contributed by atoms with E-state index in [9.17, 15) is 52.5 Å². The molecule has 6 atom stereocenters. The Morgan fingerprint density at radius 3 is 2.41 bits per heavy atom. The Morgan fingerprint density at radius 2 is 1.83 bits per heavy atom. The van der Waals surface area contributed by atoms with E-state index in [4.69, 9.17) is 10.6 Å². The number of nitrogens with one attached hydrogen (secondary N) is 2. The highest BCUT2D eigenvalue weighted by Crippen LogP contribution is 2.46. The number of aldehydes is 1. The first kappa shape index (κ1) is 38.8. The number of carbonyl (C=O) groups is 5. The standard InChI is InChI=1S/C33H36F3N7O9S2/c1-32(2,30(50)51)52-41-23(19-13-54-31(37)39-19)27(48)40-24-28(49)42-20(11-44)14(12-53-29(24)42)10-43(3)16-4-5-17(43)9-15(8-16)38-26(47)18-6-7-21(45)25(46)22(18)33(34,35)36/h6-7,11,13,15-17,24,29H,4-5,8-10,12H2,1-3H3,(H6-,37,38,39,40,41,45,46,47,48,50,51)/p+1/t15?,16-,17+,24-,29-,43?/m1/s1. The van der Waals surface area contributed by atoms with Crippen LogP contribution in [0.1, 0.15) is 61.1 Å². The number of aliphatic carboxylic acids is 1. The van der Waals surface area contributed by atoms with Crippen LogP contribution >= 0.6 is 23.1 Å². The minimum atomic E-state index is -5.09. The molecule has 3 amide bonds. The number of likely N-dealkylation sites (N-methyl/N-ethyl adjacent to an activating group) is 1. The first-order valence-corrected chi connectivity index (χ1v) is 18.6. The second-order valence-corrected chi connectivity index (χ2v) is 16.3. The van der Waals surface area contributed by atoms with Crippen molar-refractivity contribution in [3.63, 3.8) is 0 Å². The number of carboxylic acids is 1. The van der Waals surface area contributed by atoms with Crippen molar-refractivity contribution >= 4 is 63.9 Å². The molecule has 5 heterocycles. The molecule has 2 bridgehead atoms. The van der Waals surface area contributed by atoms with Crippen LogP contribution in [-0.2, 0) is 30.2 Å². The van der Waals surface area contributed by atoms with Crippen LogP contribution in [0, 0.1) is 0 Å². The number of β-lactam (4-membered cyclic amide) rings is 1. The van der Waals surface area contributed by atoms with Gasteiger partial charge in [-0.05, 0) is 26.0 Å². The highest BCUT2D eigenvalue weighted by Gasteiger charge is 2.56. The number of carbonyl (C=O) groups excluding carboxylic acids is 4. The van der Waals surface area contributed by atoms with Gasteiger partial charge in [-0.3, -0.25) is 24.1 Å². The quantitative estimate of drug-likeness (QED) is 0.0480. The maximum atomic E-state index is 13.7. The number of anilines is 1. The van der Waals surface area contributed by atoms with Gasteiger partial charge in [0.2, 0.25) is 5.60 Å². The lowest BCUT2D eigenvalue weighted by atomic mass is 9.92. The number of quaternary nitrogens is 1. The minimum Gasteiger partial charge on any atom is -0.504 e. The topological polar surface area (TPSA) is 234 Å². The zero-order chi connectivity index (χ0) is 39.5. The molecule has 0 radical (unpaired) electrons. The number of hydrogen-bond acceptors (Lipinski definition) is 13. The van der Waals surface area contributed by atoms with Crippen LogP contribution in [0.25, 0.3) is 0 Å². The number of rotatable bonds is 11. The van der Waals surface area contributed by atoms with Gasteiger partial charge in [-0.25, -0.2) is 9.78 Å². The SMILES string of the molecule is CC(C)(O/N=C(\C(=O)N[C@@H]1C(=O)N2C(C=O)=C(C[N+]3(C)[C@@H]4CC[C@H]3CC(NC(=O)c3ccc(O)c(O)c3C(F)(F)F)C4)CS[C@H]12)c1csc(N)n1)C(=O)O. The Labute approximate surface area is 313 Å². The molecule has 3 fully saturated rings. The zero-order valence-electron chi connectivity index (χ0n) is 29.0. The van der Waals surface area contributed by atoms with E-state index in [1.165, 1.54) is 35.9 Å². The van der Waals surface area contributed by atoms with Crippen molar-refractivity contribution in [1.82, 2.24) is 20.5 Å². The van der Waals surface area contributed by atoms with Gasteiger partial charge in [0.05, 0.1) is 30.4 Å². The Morgan fingerprint density at radius 1 is 1.17 bits per heavy atom. The molecular formula is C33H37F3N7O9S2+. The van der Waals surface area contributed by atoms with Gasteiger partial charge >= 0.3 is 12.1 Å². The lowest BCUT2D eigenvalue weighted by Gasteiger charge is -2.52.